The summed E-state index contributed by atoms with van der Waals surface area (Å²) in [6, 6.07) is 5.05. The number of benzene rings is 1. The Morgan fingerprint density at radius 1 is 1.22 bits per heavy atom. The number of imidazole rings is 1. The van der Waals surface area contributed by atoms with E-state index in [0.717, 1.165) is 12.1 Å². The Kier molecular flexibility index (Phi) is 3.34. The van der Waals surface area contributed by atoms with Gasteiger partial charge in [0, 0.05) is 6.20 Å². The number of hydrogen-bond acceptors (Lipinski definition) is 2. The van der Waals surface area contributed by atoms with Gasteiger partial charge in [0.2, 0.25) is 0 Å². The van der Waals surface area contributed by atoms with Crippen LogP contribution in [0.4, 0.5) is 13.2 Å². The molecule has 7 heteroatoms. The molecule has 0 aliphatic carbocycles. The van der Waals surface area contributed by atoms with Gasteiger partial charge in [-0.05, 0) is 40.2 Å². The molecule has 0 radical (unpaired) electrons. The van der Waals surface area contributed by atoms with E-state index >= 15 is 0 Å². The molecule has 2 aromatic rings. The monoisotopic (exact) mass is 320 g/mol. The van der Waals surface area contributed by atoms with Crippen LogP contribution >= 0.6 is 15.9 Å². The normalized spacial score (nSPS) is 11.6. The van der Waals surface area contributed by atoms with Crippen molar-refractivity contribution in [2.24, 2.45) is 0 Å². The van der Waals surface area contributed by atoms with Crippen LogP contribution in [0.3, 0.4) is 0 Å². The van der Waals surface area contributed by atoms with Crippen molar-refractivity contribution in [3.8, 4) is 11.7 Å². The zero-order valence-corrected chi connectivity index (χ0v) is 10.8. The highest BCUT2D eigenvalue weighted by Gasteiger charge is 2.30. The minimum absolute atomic E-state index is 0.293. The molecule has 0 fully saturated rings. The first-order chi connectivity index (χ1) is 8.41. The number of ether oxygens (including phenoxy) is 1. The average Bonchev–Trinajstić information content (AvgIpc) is 2.69. The molecule has 0 amide bonds. The molecule has 0 unspecified atom stereocenters. The first-order valence-corrected chi connectivity index (χ1v) is 5.67. The minimum Gasteiger partial charge on any atom is -0.468 e. The van der Waals surface area contributed by atoms with Crippen molar-refractivity contribution in [2.75, 3.05) is 7.11 Å². The van der Waals surface area contributed by atoms with Crippen LogP contribution in [-0.2, 0) is 6.18 Å². The molecule has 0 spiro atoms. The Morgan fingerprint density at radius 3 is 2.33 bits per heavy atom. The summed E-state index contributed by atoms with van der Waals surface area (Å²) in [6.45, 7) is 0. The summed E-state index contributed by atoms with van der Waals surface area (Å²) in [4.78, 5) is 4.01. The molecule has 0 saturated heterocycles. The second kappa shape index (κ2) is 4.64. The van der Waals surface area contributed by atoms with E-state index in [-0.39, 0.29) is 0 Å². The minimum atomic E-state index is -4.34. The van der Waals surface area contributed by atoms with Crippen LogP contribution in [0.5, 0.6) is 6.01 Å². The van der Waals surface area contributed by atoms with Gasteiger partial charge in [-0.3, -0.25) is 4.57 Å². The molecule has 0 N–H and O–H groups in total. The summed E-state index contributed by atoms with van der Waals surface area (Å²) in [6.07, 6.45) is -2.72. The number of aromatic nitrogens is 2. The van der Waals surface area contributed by atoms with Crippen molar-refractivity contribution in [1.29, 1.82) is 0 Å². The molecule has 0 saturated carbocycles. The topological polar surface area (TPSA) is 27.1 Å². The number of halogens is 4. The van der Waals surface area contributed by atoms with Crippen LogP contribution in [0.1, 0.15) is 5.56 Å². The molecule has 3 nitrogen and oxygen atoms in total. The average molecular weight is 321 g/mol. The molecule has 2 rings (SSSR count). The molecular weight excluding hydrogens is 313 g/mol. The molecule has 96 valence electrons. The lowest BCUT2D eigenvalue weighted by atomic mass is 10.2. The fourth-order valence-corrected chi connectivity index (χ4v) is 1.83. The maximum Gasteiger partial charge on any atom is 0.416 e. The zero-order chi connectivity index (χ0) is 13.3. The summed E-state index contributed by atoms with van der Waals surface area (Å²) in [5.74, 6) is 0. The highest BCUT2D eigenvalue weighted by atomic mass is 79.9. The summed E-state index contributed by atoms with van der Waals surface area (Å²) < 4.78 is 44.4. The molecule has 0 aliphatic heterocycles. The fourth-order valence-electron chi connectivity index (χ4n) is 1.48. The maximum absolute atomic E-state index is 12.4. The van der Waals surface area contributed by atoms with Crippen LogP contribution < -0.4 is 4.74 Å². The number of methoxy groups -OCH3 is 1. The van der Waals surface area contributed by atoms with Crippen molar-refractivity contribution >= 4 is 15.9 Å². The smallest absolute Gasteiger partial charge is 0.416 e. The molecule has 1 aromatic carbocycles. The molecule has 18 heavy (non-hydrogen) atoms. The molecule has 1 heterocycles. The lowest BCUT2D eigenvalue weighted by Gasteiger charge is -2.09. The first kappa shape index (κ1) is 12.9. The van der Waals surface area contributed by atoms with Gasteiger partial charge in [0.15, 0.2) is 0 Å². The molecule has 0 bridgehead atoms. The predicted octanol–water partition coefficient (Wildman–Crippen LogP) is 3.66. The van der Waals surface area contributed by atoms with Gasteiger partial charge in [-0.1, -0.05) is 0 Å². The van der Waals surface area contributed by atoms with Crippen LogP contribution in [0, 0.1) is 0 Å². The highest BCUT2D eigenvalue weighted by Crippen LogP contribution is 2.30. The third kappa shape index (κ3) is 2.50. The fraction of sp³-hybridized carbons (Fsp3) is 0.182. The quantitative estimate of drug-likeness (QED) is 0.844. The van der Waals surface area contributed by atoms with E-state index in [2.05, 4.69) is 20.9 Å². The van der Waals surface area contributed by atoms with E-state index < -0.39 is 11.7 Å². The lowest BCUT2D eigenvalue weighted by Crippen LogP contribution is -2.05. The number of rotatable bonds is 2. The maximum atomic E-state index is 12.4. The van der Waals surface area contributed by atoms with Gasteiger partial charge in [-0.15, -0.1) is 0 Å². The van der Waals surface area contributed by atoms with E-state index in [1.54, 1.807) is 10.8 Å². The van der Waals surface area contributed by atoms with Crippen molar-refractivity contribution < 1.29 is 17.9 Å². The zero-order valence-electron chi connectivity index (χ0n) is 9.20. The Hall–Kier alpha value is -1.50. The Labute approximate surface area is 109 Å². The van der Waals surface area contributed by atoms with Crippen LogP contribution in [0.25, 0.3) is 5.69 Å². The summed E-state index contributed by atoms with van der Waals surface area (Å²) in [5.41, 5.74) is -0.151. The summed E-state index contributed by atoms with van der Waals surface area (Å²) in [7, 11) is 1.44. The van der Waals surface area contributed by atoms with Crippen molar-refractivity contribution in [2.45, 2.75) is 6.18 Å². The van der Waals surface area contributed by atoms with E-state index in [0.29, 0.717) is 16.3 Å². The van der Waals surface area contributed by atoms with E-state index in [1.165, 1.54) is 19.2 Å². The number of alkyl halides is 3. The van der Waals surface area contributed by atoms with Gasteiger partial charge in [0.1, 0.15) is 4.60 Å². The van der Waals surface area contributed by atoms with Gasteiger partial charge in [-0.25, -0.2) is 0 Å². The van der Waals surface area contributed by atoms with Crippen molar-refractivity contribution in [3.63, 3.8) is 0 Å². The third-order valence-corrected chi connectivity index (χ3v) is 2.68. The van der Waals surface area contributed by atoms with Crippen molar-refractivity contribution in [1.82, 2.24) is 9.55 Å². The Morgan fingerprint density at radius 2 is 1.83 bits per heavy atom. The second-order valence-electron chi connectivity index (χ2n) is 3.46. The number of nitrogens with zero attached hydrogens (tertiary/aromatic N) is 2. The van der Waals surface area contributed by atoms with E-state index in [1.807, 2.05) is 0 Å². The largest absolute Gasteiger partial charge is 0.468 e. The van der Waals surface area contributed by atoms with Gasteiger partial charge < -0.3 is 4.74 Å². The molecule has 0 aliphatic rings. The standard InChI is InChI=1S/C11H8BrF3N2O/c1-18-10-16-9(12)6-17(10)8-4-2-7(3-5-8)11(13,14)15/h2-6H,1H3. The van der Waals surface area contributed by atoms with Crippen LogP contribution in [0.15, 0.2) is 35.1 Å². The Balaban J connectivity index is 2.40. The summed E-state index contributed by atoms with van der Waals surface area (Å²) >= 11 is 3.18. The highest BCUT2D eigenvalue weighted by molar-refractivity contribution is 9.10. The SMILES string of the molecule is COc1nc(Br)cn1-c1ccc(C(F)(F)F)cc1. The van der Waals surface area contributed by atoms with Gasteiger partial charge in [0.05, 0.1) is 18.4 Å². The molecule has 0 atom stereocenters. The number of hydrogen-bond donors (Lipinski definition) is 0. The Bertz CT molecular complexity index is 548. The third-order valence-electron chi connectivity index (χ3n) is 2.30. The van der Waals surface area contributed by atoms with E-state index in [9.17, 15) is 13.2 Å². The second-order valence-corrected chi connectivity index (χ2v) is 4.28. The van der Waals surface area contributed by atoms with Gasteiger partial charge in [0.25, 0.3) is 0 Å². The van der Waals surface area contributed by atoms with Crippen LogP contribution in [0.2, 0.25) is 0 Å². The predicted molar refractivity (Wildman–Crippen MR) is 62.8 cm³/mol. The lowest BCUT2D eigenvalue weighted by molar-refractivity contribution is -0.137. The molecule has 1 aromatic heterocycles. The van der Waals surface area contributed by atoms with Gasteiger partial charge in [-0.2, -0.15) is 18.2 Å². The van der Waals surface area contributed by atoms with Crippen molar-refractivity contribution in [3.05, 3.63) is 40.6 Å². The van der Waals surface area contributed by atoms with E-state index in [4.69, 9.17) is 4.74 Å². The van der Waals surface area contributed by atoms with Gasteiger partial charge >= 0.3 is 12.2 Å². The first-order valence-electron chi connectivity index (χ1n) is 4.88. The van der Waals surface area contributed by atoms with Crippen LogP contribution in [-0.4, -0.2) is 16.7 Å². The summed E-state index contributed by atoms with van der Waals surface area (Å²) in [5, 5.41) is 0. The molecular formula is C11H8BrF3N2O.